The fourth-order valence-electron chi connectivity index (χ4n) is 3.63. The summed E-state index contributed by atoms with van der Waals surface area (Å²) >= 11 is 0. The molecule has 5 heteroatoms. The third kappa shape index (κ3) is 1.86. The molecule has 25 heavy (non-hydrogen) atoms. The fraction of sp³-hybridized carbons (Fsp3) is 0.150. The number of fused-ring (bicyclic) bond motifs is 6. The maximum absolute atomic E-state index is 10.8. The average Bonchev–Trinajstić information content (AvgIpc) is 3.10. The number of rotatable bonds is 1. The van der Waals surface area contributed by atoms with Gasteiger partial charge in [-0.15, -0.1) is 0 Å². The zero-order valence-corrected chi connectivity index (χ0v) is 13.9. The number of aromatic hydroxyl groups is 1. The van der Waals surface area contributed by atoms with Gasteiger partial charge in [-0.2, -0.15) is 4.57 Å². The summed E-state index contributed by atoms with van der Waals surface area (Å²) in [5.74, 6) is 2.40. The standard InChI is InChI=1S/C20H15NO4/c1-21-19-14(13-6-4-12(23-2)8-16(13)20(21)22)5-3-11-7-17-18(9-15(11)19)25-10-24-17/h3-9H,10H2,1-2H3/p+1. The molecule has 124 valence electrons. The van der Waals surface area contributed by atoms with Gasteiger partial charge < -0.3 is 19.3 Å². The number of ether oxygens (including phenoxy) is 3. The maximum Gasteiger partial charge on any atom is 0.373 e. The summed E-state index contributed by atoms with van der Waals surface area (Å²) in [6, 6.07) is 13.9. The highest BCUT2D eigenvalue weighted by atomic mass is 16.7. The summed E-state index contributed by atoms with van der Waals surface area (Å²) in [7, 11) is 3.48. The van der Waals surface area contributed by atoms with E-state index in [4.69, 9.17) is 14.2 Å². The molecule has 5 rings (SSSR count). The van der Waals surface area contributed by atoms with Crippen LogP contribution < -0.4 is 18.8 Å². The third-order valence-electron chi connectivity index (χ3n) is 4.90. The lowest BCUT2D eigenvalue weighted by molar-refractivity contribution is -0.649. The first-order valence-electron chi connectivity index (χ1n) is 8.02. The third-order valence-corrected chi connectivity index (χ3v) is 4.90. The Morgan fingerprint density at radius 1 is 0.920 bits per heavy atom. The highest BCUT2D eigenvalue weighted by molar-refractivity contribution is 6.15. The summed E-state index contributed by atoms with van der Waals surface area (Å²) in [5, 5.41) is 15.6. The molecule has 0 saturated carbocycles. The van der Waals surface area contributed by atoms with Crippen molar-refractivity contribution in [2.45, 2.75) is 0 Å². The van der Waals surface area contributed by atoms with Crippen molar-refractivity contribution in [1.29, 1.82) is 0 Å². The fourth-order valence-corrected chi connectivity index (χ4v) is 3.63. The van der Waals surface area contributed by atoms with Crippen LogP contribution in [0.1, 0.15) is 0 Å². The van der Waals surface area contributed by atoms with Crippen molar-refractivity contribution < 1.29 is 23.9 Å². The molecule has 0 fully saturated rings. The molecule has 2 heterocycles. The van der Waals surface area contributed by atoms with Crippen LogP contribution >= 0.6 is 0 Å². The molecule has 1 aliphatic rings. The largest absolute Gasteiger partial charge is 0.497 e. The molecular formula is C20H16NO4+. The summed E-state index contributed by atoms with van der Waals surface area (Å²) in [6.45, 7) is 0.240. The minimum absolute atomic E-state index is 0.201. The molecule has 0 spiro atoms. The Morgan fingerprint density at radius 3 is 2.48 bits per heavy atom. The predicted molar refractivity (Wildman–Crippen MR) is 94.5 cm³/mol. The molecule has 5 nitrogen and oxygen atoms in total. The van der Waals surface area contributed by atoms with Crippen LogP contribution in [0.4, 0.5) is 0 Å². The van der Waals surface area contributed by atoms with E-state index in [0.29, 0.717) is 5.75 Å². The lowest BCUT2D eigenvalue weighted by atomic mass is 10.00. The Kier molecular flexibility index (Phi) is 2.77. The van der Waals surface area contributed by atoms with Crippen molar-refractivity contribution in [3.05, 3.63) is 42.5 Å². The topological polar surface area (TPSA) is 51.8 Å². The molecule has 1 aliphatic heterocycles. The van der Waals surface area contributed by atoms with Crippen LogP contribution in [0.3, 0.4) is 0 Å². The van der Waals surface area contributed by atoms with Gasteiger partial charge in [0.1, 0.15) is 12.8 Å². The average molecular weight is 334 g/mol. The first-order valence-corrected chi connectivity index (χ1v) is 8.02. The Hall–Kier alpha value is -3.21. The van der Waals surface area contributed by atoms with Crippen molar-refractivity contribution in [3.63, 3.8) is 0 Å². The van der Waals surface area contributed by atoms with Crippen molar-refractivity contribution in [3.8, 4) is 23.1 Å². The van der Waals surface area contributed by atoms with E-state index >= 15 is 0 Å². The molecular weight excluding hydrogens is 318 g/mol. The zero-order valence-electron chi connectivity index (χ0n) is 13.9. The summed E-state index contributed by atoms with van der Waals surface area (Å²) in [4.78, 5) is 0. The van der Waals surface area contributed by atoms with Crippen LogP contribution in [0.5, 0.6) is 23.1 Å². The monoisotopic (exact) mass is 334 g/mol. The Balaban J connectivity index is 1.98. The number of hydrogen-bond donors (Lipinski definition) is 1. The van der Waals surface area contributed by atoms with Crippen molar-refractivity contribution in [2.75, 3.05) is 13.9 Å². The van der Waals surface area contributed by atoms with Crippen molar-refractivity contribution >= 4 is 32.4 Å². The van der Waals surface area contributed by atoms with Gasteiger partial charge in [-0.25, -0.2) is 0 Å². The molecule has 0 atom stereocenters. The van der Waals surface area contributed by atoms with E-state index in [9.17, 15) is 5.11 Å². The molecule has 0 unspecified atom stereocenters. The van der Waals surface area contributed by atoms with E-state index in [1.807, 2.05) is 41.9 Å². The minimum Gasteiger partial charge on any atom is -0.497 e. The van der Waals surface area contributed by atoms with Crippen LogP contribution in [-0.2, 0) is 7.05 Å². The second kappa shape index (κ2) is 4.89. The second-order valence-electron chi connectivity index (χ2n) is 6.18. The van der Waals surface area contributed by atoms with E-state index in [-0.39, 0.29) is 12.7 Å². The number of pyridine rings is 1. The molecule has 1 aromatic heterocycles. The quantitative estimate of drug-likeness (QED) is 0.428. The summed E-state index contributed by atoms with van der Waals surface area (Å²) in [6.07, 6.45) is 0. The van der Waals surface area contributed by atoms with Gasteiger partial charge in [0.25, 0.3) is 0 Å². The number of nitrogens with zero attached hydrogens (tertiary/aromatic N) is 1. The molecule has 0 bridgehead atoms. The molecule has 3 aromatic carbocycles. The number of hydrogen-bond acceptors (Lipinski definition) is 4. The smallest absolute Gasteiger partial charge is 0.373 e. The number of aryl methyl sites for hydroxylation is 1. The number of methoxy groups -OCH3 is 1. The number of benzene rings is 3. The van der Waals surface area contributed by atoms with Crippen molar-refractivity contribution in [1.82, 2.24) is 0 Å². The maximum atomic E-state index is 10.8. The molecule has 0 amide bonds. The minimum atomic E-state index is 0.201. The summed E-state index contributed by atoms with van der Waals surface area (Å²) in [5.41, 5.74) is 0.950. The highest BCUT2D eigenvalue weighted by Gasteiger charge is 2.23. The van der Waals surface area contributed by atoms with Crippen molar-refractivity contribution in [2.24, 2.45) is 7.05 Å². The molecule has 0 saturated heterocycles. The first kappa shape index (κ1) is 14.2. The molecule has 1 N–H and O–H groups in total. The normalized spacial score (nSPS) is 13.0. The van der Waals surface area contributed by atoms with Crippen LogP contribution in [0.15, 0.2) is 42.5 Å². The van der Waals surface area contributed by atoms with Gasteiger partial charge in [-0.3, -0.25) is 0 Å². The van der Waals surface area contributed by atoms with E-state index in [1.165, 1.54) is 0 Å². The van der Waals surface area contributed by atoms with Gasteiger partial charge in [-0.1, -0.05) is 6.07 Å². The Bertz CT molecular complexity index is 1180. The van der Waals surface area contributed by atoms with Gasteiger partial charge in [0.15, 0.2) is 11.5 Å². The van der Waals surface area contributed by atoms with E-state index in [2.05, 4.69) is 12.1 Å². The molecule has 0 radical (unpaired) electrons. The SMILES string of the molecule is COc1ccc2c(c1)c(O)[n+](C)c1c3cc4c(cc3ccc21)OCO4. The van der Waals surface area contributed by atoms with Gasteiger partial charge in [0.2, 0.25) is 12.3 Å². The van der Waals surface area contributed by atoms with E-state index < -0.39 is 0 Å². The van der Waals surface area contributed by atoms with E-state index in [0.717, 1.165) is 43.9 Å². The van der Waals surface area contributed by atoms with Gasteiger partial charge in [-0.05, 0) is 41.8 Å². The molecule has 0 aliphatic carbocycles. The van der Waals surface area contributed by atoms with Crippen LogP contribution in [0, 0.1) is 0 Å². The summed E-state index contributed by atoms with van der Waals surface area (Å²) < 4.78 is 18.1. The van der Waals surface area contributed by atoms with E-state index in [1.54, 1.807) is 7.11 Å². The Morgan fingerprint density at radius 2 is 1.68 bits per heavy atom. The van der Waals surface area contributed by atoms with Gasteiger partial charge in [0, 0.05) is 5.39 Å². The zero-order chi connectivity index (χ0) is 17.1. The molecule has 4 aromatic rings. The highest BCUT2D eigenvalue weighted by Crippen LogP contribution is 2.40. The van der Waals surface area contributed by atoms with Crippen LogP contribution in [0.25, 0.3) is 32.4 Å². The lowest BCUT2D eigenvalue weighted by Gasteiger charge is -2.09. The second-order valence-corrected chi connectivity index (χ2v) is 6.18. The lowest BCUT2D eigenvalue weighted by Crippen LogP contribution is -2.29. The van der Waals surface area contributed by atoms with Crippen LogP contribution in [-0.4, -0.2) is 19.0 Å². The van der Waals surface area contributed by atoms with Gasteiger partial charge in [0.05, 0.1) is 23.3 Å². The predicted octanol–water partition coefficient (Wildman–Crippen LogP) is 3.41. The Labute approximate surface area is 143 Å². The van der Waals surface area contributed by atoms with Crippen LogP contribution in [0.2, 0.25) is 0 Å². The number of aromatic nitrogens is 1. The van der Waals surface area contributed by atoms with Gasteiger partial charge >= 0.3 is 5.88 Å². The first-order chi connectivity index (χ1) is 12.2.